The summed E-state index contributed by atoms with van der Waals surface area (Å²) in [6.07, 6.45) is 24.4. The summed E-state index contributed by atoms with van der Waals surface area (Å²) in [6, 6.07) is -0.900. The largest absolute Gasteiger partial charge is 0.394 e. The van der Waals surface area contributed by atoms with Crippen molar-refractivity contribution < 1.29 is 89.4 Å². The van der Waals surface area contributed by atoms with Crippen LogP contribution >= 0.6 is 0 Å². The number of aliphatic hydroxyl groups is 11. The highest BCUT2D eigenvalue weighted by Crippen LogP contribution is 2.33. The second-order valence-corrected chi connectivity index (χ2v) is 22.1. The van der Waals surface area contributed by atoms with Gasteiger partial charge in [0.15, 0.2) is 18.9 Å². The fourth-order valence-electron chi connectivity index (χ4n) is 10.3. The zero-order valence-electron chi connectivity index (χ0n) is 49.0. The van der Waals surface area contributed by atoms with Crippen molar-refractivity contribution in [3.63, 3.8) is 0 Å². The molecule has 0 aromatic heterocycles. The SMILES string of the molecule is CC/C=C\C/C=C\C/C=C\C/C=C\C/C=C\CCCCCCCC(=O)NC(COC1OC(CO)C(OC2OC(CO)C(OC3OC(CO)C(O)C(O)C3O)C(O)C2O)C(O)C1O)C(O)CCCCCCCCCCCCCCCCC. The summed E-state index contributed by atoms with van der Waals surface area (Å²) in [5.74, 6) is -0.264. The normalized spacial score (nSPS) is 30.2. The summed E-state index contributed by atoms with van der Waals surface area (Å²) in [4.78, 5) is 13.4. The molecule has 81 heavy (non-hydrogen) atoms. The Morgan fingerprint density at radius 2 is 0.852 bits per heavy atom. The number of hydrogen-bond acceptors (Lipinski definition) is 18. The van der Waals surface area contributed by atoms with Crippen molar-refractivity contribution in [2.24, 2.45) is 0 Å². The average Bonchev–Trinajstić information content (AvgIpc) is 3.46. The van der Waals surface area contributed by atoms with Gasteiger partial charge in [0, 0.05) is 6.42 Å². The maximum absolute atomic E-state index is 13.4. The van der Waals surface area contributed by atoms with Gasteiger partial charge < -0.3 is 89.9 Å². The molecule has 19 nitrogen and oxygen atoms in total. The lowest BCUT2D eigenvalue weighted by molar-refractivity contribution is -0.379. The van der Waals surface area contributed by atoms with Crippen molar-refractivity contribution in [2.45, 2.75) is 298 Å². The molecule has 12 N–H and O–H groups in total. The molecule has 3 heterocycles. The molecule has 0 bridgehead atoms. The van der Waals surface area contributed by atoms with E-state index in [1.165, 1.54) is 70.6 Å². The predicted octanol–water partition coefficient (Wildman–Crippen LogP) is 6.04. The first-order valence-electron chi connectivity index (χ1n) is 31.0. The van der Waals surface area contributed by atoms with E-state index < -0.39 is 124 Å². The number of carbonyl (C=O) groups excluding carboxylic acids is 1. The third-order valence-electron chi connectivity index (χ3n) is 15.4. The van der Waals surface area contributed by atoms with Crippen LogP contribution in [0.3, 0.4) is 0 Å². The number of unbranched alkanes of at least 4 members (excludes halogenated alkanes) is 19. The zero-order chi connectivity index (χ0) is 59.0. The lowest BCUT2D eigenvalue weighted by Gasteiger charge is -2.48. The van der Waals surface area contributed by atoms with E-state index in [0.717, 1.165) is 89.9 Å². The Morgan fingerprint density at radius 1 is 0.457 bits per heavy atom. The van der Waals surface area contributed by atoms with Crippen LogP contribution in [-0.4, -0.2) is 193 Å². The van der Waals surface area contributed by atoms with Crippen LogP contribution in [0.4, 0.5) is 0 Å². The quantitative estimate of drug-likeness (QED) is 0.0244. The summed E-state index contributed by atoms with van der Waals surface area (Å²) >= 11 is 0. The highest BCUT2D eigenvalue weighted by atomic mass is 16.8. The third-order valence-corrected chi connectivity index (χ3v) is 15.4. The topological polar surface area (TPSA) is 307 Å². The van der Waals surface area contributed by atoms with E-state index in [9.17, 15) is 61.0 Å². The number of amides is 1. The Bertz CT molecular complexity index is 1710. The smallest absolute Gasteiger partial charge is 0.220 e. The minimum absolute atomic E-state index is 0.241. The van der Waals surface area contributed by atoms with Gasteiger partial charge in [0.1, 0.15) is 73.2 Å². The van der Waals surface area contributed by atoms with Gasteiger partial charge in [0.2, 0.25) is 5.91 Å². The summed E-state index contributed by atoms with van der Waals surface area (Å²) in [5, 5.41) is 120. The first-order valence-corrected chi connectivity index (χ1v) is 31.0. The van der Waals surface area contributed by atoms with Gasteiger partial charge in [0.05, 0.1) is 38.6 Å². The Kier molecular flexibility index (Phi) is 40.3. The van der Waals surface area contributed by atoms with E-state index in [0.29, 0.717) is 12.8 Å². The maximum Gasteiger partial charge on any atom is 0.220 e. The lowest BCUT2D eigenvalue weighted by atomic mass is 9.96. The molecule has 3 aliphatic rings. The fourth-order valence-corrected chi connectivity index (χ4v) is 10.3. The molecule has 0 spiro atoms. The summed E-state index contributed by atoms with van der Waals surface area (Å²) in [7, 11) is 0. The van der Waals surface area contributed by atoms with E-state index >= 15 is 0 Å². The molecule has 3 saturated heterocycles. The predicted molar refractivity (Wildman–Crippen MR) is 309 cm³/mol. The second kappa shape index (κ2) is 44.9. The van der Waals surface area contributed by atoms with Gasteiger partial charge in [-0.1, -0.05) is 190 Å². The molecule has 0 radical (unpaired) electrons. The van der Waals surface area contributed by atoms with Crippen molar-refractivity contribution in [3.05, 3.63) is 60.8 Å². The number of ether oxygens (including phenoxy) is 6. The van der Waals surface area contributed by atoms with E-state index in [2.05, 4.69) is 79.9 Å². The van der Waals surface area contributed by atoms with Crippen molar-refractivity contribution in [1.29, 1.82) is 0 Å². The zero-order valence-corrected chi connectivity index (χ0v) is 49.0. The van der Waals surface area contributed by atoms with Crippen molar-refractivity contribution in [2.75, 3.05) is 26.4 Å². The minimum atomic E-state index is -1.98. The molecule has 0 saturated carbocycles. The van der Waals surface area contributed by atoms with Crippen LogP contribution in [0, 0.1) is 0 Å². The van der Waals surface area contributed by atoms with Gasteiger partial charge in [-0.2, -0.15) is 0 Å². The number of allylic oxidation sites excluding steroid dienone is 10. The summed E-state index contributed by atoms with van der Waals surface area (Å²) in [6.45, 7) is 1.65. The van der Waals surface area contributed by atoms with Gasteiger partial charge in [-0.15, -0.1) is 0 Å². The number of carbonyl (C=O) groups is 1. The Balaban J connectivity index is 1.49. The molecular weight excluding hydrogens is 1050 g/mol. The van der Waals surface area contributed by atoms with Crippen molar-refractivity contribution >= 4 is 5.91 Å². The molecule has 470 valence electrons. The molecule has 17 unspecified atom stereocenters. The number of hydrogen-bond donors (Lipinski definition) is 12. The van der Waals surface area contributed by atoms with Crippen LogP contribution in [0.1, 0.15) is 194 Å². The van der Waals surface area contributed by atoms with Crippen LogP contribution in [0.25, 0.3) is 0 Å². The number of aliphatic hydroxyl groups excluding tert-OH is 11. The van der Waals surface area contributed by atoms with E-state index in [4.69, 9.17) is 28.4 Å². The Morgan fingerprint density at radius 3 is 1.33 bits per heavy atom. The van der Waals surface area contributed by atoms with Crippen molar-refractivity contribution in [3.8, 4) is 0 Å². The molecule has 0 aromatic carbocycles. The monoisotopic (exact) mass is 1160 g/mol. The third kappa shape index (κ3) is 28.5. The molecule has 3 aliphatic heterocycles. The number of nitrogens with one attached hydrogen (secondary N) is 1. The average molecular weight is 1160 g/mol. The molecule has 1 amide bonds. The summed E-state index contributed by atoms with van der Waals surface area (Å²) < 4.78 is 34.3. The fraction of sp³-hybridized carbons (Fsp3) is 0.823. The lowest BCUT2D eigenvalue weighted by Crippen LogP contribution is -2.66. The van der Waals surface area contributed by atoms with Crippen LogP contribution in [0.5, 0.6) is 0 Å². The Hall–Kier alpha value is -2.51. The molecule has 3 rings (SSSR count). The standard InChI is InChI=1S/C62H109NO18/c1-3-5-7-9-11-13-15-17-19-20-21-22-23-24-26-28-30-32-34-36-38-40-50(68)63-45(46(67)39-37-35-33-31-29-27-25-18-16-14-12-10-8-6-4-2)44-76-60-56(74)53(71)58(48(42-65)78-60)81-62-57(75)54(72)59(49(43-66)79-62)80-61-55(73)52(70)51(69)47(41-64)77-61/h5,7,11,13,17,19,21-22,24,26,45-49,51-62,64-67,69-75H,3-4,6,8-10,12,14-16,18,20,23,25,27-44H2,1-2H3,(H,63,68)/b7-5-,13-11-,19-17-,22-21-,26-24-. The molecule has 0 aromatic rings. The Labute approximate surface area is 484 Å². The van der Waals surface area contributed by atoms with Crippen molar-refractivity contribution in [1.82, 2.24) is 5.32 Å². The van der Waals surface area contributed by atoms with Gasteiger partial charge in [-0.05, 0) is 57.8 Å². The van der Waals surface area contributed by atoms with Crippen LogP contribution in [0.15, 0.2) is 60.8 Å². The molecule has 19 heteroatoms. The summed E-state index contributed by atoms with van der Waals surface area (Å²) in [5.41, 5.74) is 0. The highest BCUT2D eigenvalue weighted by molar-refractivity contribution is 5.76. The first-order chi connectivity index (χ1) is 39.3. The maximum atomic E-state index is 13.4. The number of rotatable bonds is 45. The van der Waals surface area contributed by atoms with Crippen LogP contribution in [-0.2, 0) is 33.2 Å². The van der Waals surface area contributed by atoms with Gasteiger partial charge >= 0.3 is 0 Å². The highest BCUT2D eigenvalue weighted by Gasteiger charge is 2.53. The van der Waals surface area contributed by atoms with Crippen LogP contribution < -0.4 is 5.32 Å². The second-order valence-electron chi connectivity index (χ2n) is 22.1. The van der Waals surface area contributed by atoms with E-state index in [1.807, 2.05) is 0 Å². The van der Waals surface area contributed by atoms with Gasteiger partial charge in [-0.3, -0.25) is 4.79 Å². The molecule has 3 fully saturated rings. The first kappa shape index (κ1) is 72.7. The molecule has 17 atom stereocenters. The van der Waals surface area contributed by atoms with E-state index in [1.54, 1.807) is 0 Å². The van der Waals surface area contributed by atoms with Gasteiger partial charge in [0.25, 0.3) is 0 Å². The van der Waals surface area contributed by atoms with Crippen LogP contribution in [0.2, 0.25) is 0 Å². The molecular formula is C62H109NO18. The van der Waals surface area contributed by atoms with Gasteiger partial charge in [-0.25, -0.2) is 0 Å². The molecule has 0 aliphatic carbocycles. The minimum Gasteiger partial charge on any atom is -0.394 e. The van der Waals surface area contributed by atoms with E-state index in [-0.39, 0.29) is 18.9 Å².